The number of morpholine rings is 1. The molecule has 7 heteroatoms. The third-order valence-electron chi connectivity index (χ3n) is 5.45. The molecule has 0 spiro atoms. The molecule has 1 saturated heterocycles. The fourth-order valence-electron chi connectivity index (χ4n) is 3.55. The zero-order chi connectivity index (χ0) is 22.2. The van der Waals surface area contributed by atoms with E-state index in [-0.39, 0.29) is 23.6 Å². The number of hydrogen-bond donors (Lipinski definition) is 2. The summed E-state index contributed by atoms with van der Waals surface area (Å²) in [5, 5.41) is 5.73. The molecule has 1 aliphatic heterocycles. The minimum atomic E-state index is -0.346. The van der Waals surface area contributed by atoms with Gasteiger partial charge in [0.2, 0.25) is 5.91 Å². The number of nitrogens with one attached hydrogen (secondary N) is 2. The average molecular weight is 424 g/mol. The molecule has 3 rings (SSSR count). The van der Waals surface area contributed by atoms with Crippen LogP contribution >= 0.6 is 0 Å². The molecule has 1 aliphatic rings. The molecule has 0 saturated carbocycles. The maximum Gasteiger partial charge on any atom is 0.256 e. The molecule has 2 aromatic rings. The first-order chi connectivity index (χ1) is 15.0. The molecule has 1 heterocycles. The first-order valence-corrected chi connectivity index (χ1v) is 10.7. The topological polar surface area (TPSA) is 87.7 Å². The van der Waals surface area contributed by atoms with Crippen LogP contribution in [-0.4, -0.2) is 48.9 Å². The molecule has 1 fully saturated rings. The third kappa shape index (κ3) is 5.70. The second kappa shape index (κ2) is 10.7. The van der Waals surface area contributed by atoms with Gasteiger partial charge in [0, 0.05) is 30.3 Å². The van der Waals surface area contributed by atoms with Crippen molar-refractivity contribution in [3.05, 3.63) is 59.7 Å². The number of amides is 3. The Morgan fingerprint density at radius 2 is 1.68 bits per heavy atom. The molecule has 0 bridgehead atoms. The van der Waals surface area contributed by atoms with E-state index in [1.807, 2.05) is 13.8 Å². The van der Waals surface area contributed by atoms with Gasteiger partial charge in [-0.2, -0.15) is 0 Å². The van der Waals surface area contributed by atoms with E-state index in [1.54, 1.807) is 53.4 Å². The summed E-state index contributed by atoms with van der Waals surface area (Å²) in [7, 11) is 0. The minimum absolute atomic E-state index is 0.0518. The monoisotopic (exact) mass is 423 g/mol. The molecule has 7 nitrogen and oxygen atoms in total. The molecule has 0 radical (unpaired) electrons. The number of hydrogen-bond acceptors (Lipinski definition) is 4. The first-order valence-electron chi connectivity index (χ1n) is 10.7. The van der Waals surface area contributed by atoms with Crippen LogP contribution in [0, 0.1) is 5.92 Å². The molecule has 2 aromatic carbocycles. The van der Waals surface area contributed by atoms with E-state index in [4.69, 9.17) is 4.74 Å². The Hall–Kier alpha value is -3.19. The Balaban J connectivity index is 1.74. The molecular weight excluding hydrogens is 394 g/mol. The molecule has 0 unspecified atom stereocenters. The minimum Gasteiger partial charge on any atom is -0.378 e. The molecule has 2 N–H and O–H groups in total. The smallest absolute Gasteiger partial charge is 0.256 e. The average Bonchev–Trinajstić information content (AvgIpc) is 2.80. The van der Waals surface area contributed by atoms with Crippen molar-refractivity contribution in [2.75, 3.05) is 36.9 Å². The highest BCUT2D eigenvalue weighted by molar-refractivity contribution is 6.09. The molecule has 0 aliphatic carbocycles. The van der Waals surface area contributed by atoms with Crippen molar-refractivity contribution in [3.63, 3.8) is 0 Å². The van der Waals surface area contributed by atoms with Crippen molar-refractivity contribution < 1.29 is 19.1 Å². The van der Waals surface area contributed by atoms with Gasteiger partial charge in [-0.1, -0.05) is 32.0 Å². The number of anilines is 2. The quantitative estimate of drug-likeness (QED) is 0.709. The molecule has 3 amide bonds. The van der Waals surface area contributed by atoms with Crippen LogP contribution in [0.25, 0.3) is 0 Å². The van der Waals surface area contributed by atoms with Gasteiger partial charge < -0.3 is 20.3 Å². The van der Waals surface area contributed by atoms with Crippen molar-refractivity contribution in [3.8, 4) is 0 Å². The second-order valence-electron chi connectivity index (χ2n) is 7.49. The Morgan fingerprint density at radius 3 is 2.39 bits per heavy atom. The Morgan fingerprint density at radius 1 is 0.968 bits per heavy atom. The summed E-state index contributed by atoms with van der Waals surface area (Å²) in [6.45, 7) is 6.03. The van der Waals surface area contributed by atoms with Gasteiger partial charge in [-0.3, -0.25) is 14.4 Å². The van der Waals surface area contributed by atoms with E-state index in [2.05, 4.69) is 10.6 Å². The summed E-state index contributed by atoms with van der Waals surface area (Å²) < 4.78 is 5.31. The largest absolute Gasteiger partial charge is 0.378 e. The van der Waals surface area contributed by atoms with Crippen molar-refractivity contribution >= 4 is 29.1 Å². The zero-order valence-electron chi connectivity index (χ0n) is 18.0. The van der Waals surface area contributed by atoms with Crippen molar-refractivity contribution in [2.45, 2.75) is 26.7 Å². The predicted octanol–water partition coefficient (Wildman–Crippen LogP) is 3.79. The van der Waals surface area contributed by atoms with Crippen LogP contribution in [0.15, 0.2) is 48.5 Å². The van der Waals surface area contributed by atoms with Gasteiger partial charge in [-0.15, -0.1) is 0 Å². The molecule has 0 atom stereocenters. The van der Waals surface area contributed by atoms with E-state index in [9.17, 15) is 14.4 Å². The maximum absolute atomic E-state index is 12.9. The van der Waals surface area contributed by atoms with Crippen LogP contribution in [0.4, 0.5) is 11.4 Å². The number of para-hydroxylation sites is 1. The van der Waals surface area contributed by atoms with Gasteiger partial charge in [0.1, 0.15) is 0 Å². The number of rotatable bonds is 7. The summed E-state index contributed by atoms with van der Waals surface area (Å²) in [5.41, 5.74) is 1.87. The summed E-state index contributed by atoms with van der Waals surface area (Å²) in [6, 6.07) is 13.8. The van der Waals surface area contributed by atoms with E-state index in [0.29, 0.717) is 48.8 Å². The van der Waals surface area contributed by atoms with Gasteiger partial charge in [-0.25, -0.2) is 0 Å². The van der Waals surface area contributed by atoms with Crippen molar-refractivity contribution in [2.24, 2.45) is 5.92 Å². The fraction of sp³-hybridized carbons (Fsp3) is 0.375. The highest BCUT2D eigenvalue weighted by atomic mass is 16.5. The summed E-state index contributed by atoms with van der Waals surface area (Å²) in [6.07, 6.45) is 1.52. The number of carbonyl (C=O) groups is 3. The number of benzene rings is 2. The van der Waals surface area contributed by atoms with Crippen LogP contribution in [0.3, 0.4) is 0 Å². The Kier molecular flexibility index (Phi) is 7.78. The molecule has 31 heavy (non-hydrogen) atoms. The van der Waals surface area contributed by atoms with Crippen molar-refractivity contribution in [1.82, 2.24) is 4.90 Å². The van der Waals surface area contributed by atoms with Gasteiger partial charge in [0.15, 0.2) is 0 Å². The summed E-state index contributed by atoms with van der Waals surface area (Å²) in [4.78, 5) is 39.9. The third-order valence-corrected chi connectivity index (χ3v) is 5.45. The van der Waals surface area contributed by atoms with Gasteiger partial charge in [0.05, 0.1) is 24.5 Å². The zero-order valence-corrected chi connectivity index (χ0v) is 18.0. The maximum atomic E-state index is 12.9. The molecular formula is C24H29N3O4. The molecule has 164 valence electrons. The van der Waals surface area contributed by atoms with Crippen LogP contribution in [0.5, 0.6) is 0 Å². The Bertz CT molecular complexity index is 934. The molecule has 0 aromatic heterocycles. The highest BCUT2D eigenvalue weighted by Crippen LogP contribution is 2.20. The SMILES string of the molecule is CCC(CC)C(=O)Nc1cccc(C(=O)Nc2ccccc2C(=O)N2CCOCC2)c1. The number of nitrogens with zero attached hydrogens (tertiary/aromatic N) is 1. The van der Waals surface area contributed by atoms with Gasteiger partial charge in [-0.05, 0) is 43.2 Å². The first kappa shape index (κ1) is 22.5. The highest BCUT2D eigenvalue weighted by Gasteiger charge is 2.22. The summed E-state index contributed by atoms with van der Waals surface area (Å²) >= 11 is 0. The lowest BCUT2D eigenvalue weighted by Crippen LogP contribution is -2.41. The second-order valence-corrected chi connectivity index (χ2v) is 7.49. The summed E-state index contributed by atoms with van der Waals surface area (Å²) in [5.74, 6) is -0.592. The van der Waals surface area contributed by atoms with Crippen molar-refractivity contribution in [1.29, 1.82) is 0 Å². The lowest BCUT2D eigenvalue weighted by Gasteiger charge is -2.27. The van der Waals surface area contributed by atoms with Gasteiger partial charge in [0.25, 0.3) is 11.8 Å². The standard InChI is InChI=1S/C24H29N3O4/c1-3-17(4-2)22(28)25-19-9-7-8-18(16-19)23(29)26-21-11-6-5-10-20(21)24(30)27-12-14-31-15-13-27/h5-11,16-17H,3-4,12-15H2,1-2H3,(H,25,28)(H,26,29). The van der Waals surface area contributed by atoms with E-state index < -0.39 is 0 Å². The van der Waals surface area contributed by atoms with E-state index in [0.717, 1.165) is 12.8 Å². The number of carbonyl (C=O) groups excluding carboxylic acids is 3. The van der Waals surface area contributed by atoms with Gasteiger partial charge >= 0.3 is 0 Å². The van der Waals surface area contributed by atoms with Crippen LogP contribution in [-0.2, 0) is 9.53 Å². The van der Waals surface area contributed by atoms with E-state index >= 15 is 0 Å². The fourth-order valence-corrected chi connectivity index (χ4v) is 3.55. The normalized spacial score (nSPS) is 13.7. The lowest BCUT2D eigenvalue weighted by molar-refractivity contribution is -0.120. The van der Waals surface area contributed by atoms with E-state index in [1.165, 1.54) is 0 Å². The predicted molar refractivity (Wildman–Crippen MR) is 120 cm³/mol. The van der Waals surface area contributed by atoms with Crippen LogP contribution < -0.4 is 10.6 Å². The number of ether oxygens (including phenoxy) is 1. The van der Waals surface area contributed by atoms with Crippen LogP contribution in [0.1, 0.15) is 47.4 Å². The van der Waals surface area contributed by atoms with Crippen LogP contribution in [0.2, 0.25) is 0 Å². The Labute approximate surface area is 182 Å². The lowest BCUT2D eigenvalue weighted by atomic mass is 10.0.